The summed E-state index contributed by atoms with van der Waals surface area (Å²) in [5.74, 6) is -1.31. The topological polar surface area (TPSA) is 94.8 Å². The summed E-state index contributed by atoms with van der Waals surface area (Å²) >= 11 is 0. The minimum atomic E-state index is -0.803. The van der Waals surface area contributed by atoms with Crippen LogP contribution in [0, 0.1) is 17.3 Å². The van der Waals surface area contributed by atoms with Gasteiger partial charge in [0.25, 0.3) is 0 Å². The van der Waals surface area contributed by atoms with Gasteiger partial charge in [-0.3, -0.25) is 9.59 Å². The van der Waals surface area contributed by atoms with Gasteiger partial charge in [-0.2, -0.15) is 0 Å². The van der Waals surface area contributed by atoms with E-state index in [1.165, 1.54) is 0 Å². The van der Waals surface area contributed by atoms with Crippen molar-refractivity contribution in [3.63, 3.8) is 0 Å². The highest BCUT2D eigenvalue weighted by atomic mass is 16.4. The van der Waals surface area contributed by atoms with Crippen molar-refractivity contribution in [3.05, 3.63) is 24.3 Å². The summed E-state index contributed by atoms with van der Waals surface area (Å²) in [6, 6.07) is 0. The van der Waals surface area contributed by atoms with Crippen LogP contribution >= 0.6 is 0 Å². The van der Waals surface area contributed by atoms with Gasteiger partial charge in [0.05, 0.1) is 12.2 Å². The number of Topliss-reactive ketones (excluding diaryl/α,β-unsaturated/α-hetero) is 1. The number of carbonyl (C=O) groups is 2. The molecular formula is C22H36O5. The van der Waals surface area contributed by atoms with Crippen LogP contribution in [0.4, 0.5) is 0 Å². The maximum absolute atomic E-state index is 12.2. The number of carboxylic acids is 1. The van der Waals surface area contributed by atoms with E-state index in [-0.39, 0.29) is 35.9 Å². The van der Waals surface area contributed by atoms with Gasteiger partial charge in [-0.15, -0.1) is 0 Å². The van der Waals surface area contributed by atoms with Crippen molar-refractivity contribution in [3.8, 4) is 0 Å². The summed E-state index contributed by atoms with van der Waals surface area (Å²) in [4.78, 5) is 22.7. The van der Waals surface area contributed by atoms with Gasteiger partial charge in [0.15, 0.2) is 0 Å². The smallest absolute Gasteiger partial charge is 0.303 e. The average Bonchev–Trinajstić information content (AvgIpc) is 2.86. The molecule has 5 nitrogen and oxygen atoms in total. The van der Waals surface area contributed by atoms with Crippen molar-refractivity contribution < 1.29 is 24.9 Å². The number of carbonyl (C=O) groups excluding carboxylic acids is 1. The van der Waals surface area contributed by atoms with Crippen LogP contribution < -0.4 is 0 Å². The number of aliphatic carboxylic acids is 1. The third kappa shape index (κ3) is 7.97. The van der Waals surface area contributed by atoms with E-state index >= 15 is 0 Å². The fourth-order valence-electron chi connectivity index (χ4n) is 3.53. The Labute approximate surface area is 163 Å². The minimum absolute atomic E-state index is 0.0482. The van der Waals surface area contributed by atoms with Gasteiger partial charge in [0, 0.05) is 24.7 Å². The highest BCUT2D eigenvalue weighted by Gasteiger charge is 2.39. The molecule has 0 aromatic heterocycles. The van der Waals surface area contributed by atoms with Gasteiger partial charge in [0.2, 0.25) is 0 Å². The number of aliphatic hydroxyl groups excluding tert-OH is 2. The fraction of sp³-hybridized carbons (Fsp3) is 0.727. The summed E-state index contributed by atoms with van der Waals surface area (Å²) in [6.07, 6.45) is 11.2. The number of hydrogen-bond acceptors (Lipinski definition) is 4. The lowest BCUT2D eigenvalue weighted by atomic mass is 9.80. The highest BCUT2D eigenvalue weighted by Crippen LogP contribution is 2.35. The van der Waals surface area contributed by atoms with E-state index in [4.69, 9.17) is 5.11 Å². The lowest BCUT2D eigenvalue weighted by Gasteiger charge is -2.29. The number of allylic oxidation sites excluding steroid dienone is 2. The zero-order valence-corrected chi connectivity index (χ0v) is 16.9. The van der Waals surface area contributed by atoms with Crippen molar-refractivity contribution >= 4 is 11.8 Å². The predicted octanol–water partition coefficient (Wildman–Crippen LogP) is 3.89. The van der Waals surface area contributed by atoms with E-state index in [1.54, 1.807) is 6.08 Å². The first-order valence-electron chi connectivity index (χ1n) is 10.1. The van der Waals surface area contributed by atoms with Gasteiger partial charge in [-0.05, 0) is 31.1 Å². The van der Waals surface area contributed by atoms with Gasteiger partial charge in [-0.25, -0.2) is 0 Å². The number of carboxylic acid groups (broad SMARTS) is 1. The second kappa shape index (κ2) is 11.4. The molecule has 0 aliphatic heterocycles. The minimum Gasteiger partial charge on any atom is -0.481 e. The molecule has 5 heteroatoms. The molecule has 1 aliphatic rings. The average molecular weight is 381 g/mol. The van der Waals surface area contributed by atoms with Crippen molar-refractivity contribution in [1.82, 2.24) is 0 Å². The summed E-state index contributed by atoms with van der Waals surface area (Å²) in [5, 5.41) is 29.4. The van der Waals surface area contributed by atoms with Crippen molar-refractivity contribution in [1.29, 1.82) is 0 Å². The maximum Gasteiger partial charge on any atom is 0.303 e. The van der Waals surface area contributed by atoms with E-state index in [2.05, 4.69) is 6.92 Å². The number of unbranched alkanes of at least 4 members (excludes halogenated alkanes) is 2. The highest BCUT2D eigenvalue weighted by molar-refractivity contribution is 5.84. The standard InChI is InChI=1S/C22H36O5/c1-4-5-14-22(2,3)20(25)13-12-17-16(18(23)15-19(17)24)10-8-6-7-9-11-21(26)27/h6,8,12-13,16-17,19-20,24-25H,4-5,7,9-11,14-15H2,1-3H3,(H,26,27)/t16-,17-,19-,20+/m1/s1. The maximum atomic E-state index is 12.2. The Morgan fingerprint density at radius 2 is 2.00 bits per heavy atom. The SMILES string of the molecule is CCCCC(C)(C)[C@@H](O)C=C[C@H]1[C@H](O)CC(=O)[C@@H]1CC=CCCCC(=O)O. The Balaban J connectivity index is 2.63. The van der Waals surface area contributed by atoms with E-state index in [1.807, 2.05) is 32.1 Å². The van der Waals surface area contributed by atoms with Crippen molar-refractivity contribution in [2.24, 2.45) is 17.3 Å². The molecule has 0 amide bonds. The number of rotatable bonds is 12. The van der Waals surface area contributed by atoms with Crippen LogP contribution in [0.2, 0.25) is 0 Å². The largest absolute Gasteiger partial charge is 0.481 e. The molecule has 154 valence electrons. The first kappa shape index (κ1) is 23.6. The van der Waals surface area contributed by atoms with Crippen LogP contribution in [0.5, 0.6) is 0 Å². The second-order valence-corrected chi connectivity index (χ2v) is 8.34. The van der Waals surface area contributed by atoms with Crippen LogP contribution in [-0.2, 0) is 9.59 Å². The first-order chi connectivity index (χ1) is 12.7. The molecule has 0 radical (unpaired) electrons. The second-order valence-electron chi connectivity index (χ2n) is 8.34. The lowest BCUT2D eigenvalue weighted by Crippen LogP contribution is -2.28. The summed E-state index contributed by atoms with van der Waals surface area (Å²) in [7, 11) is 0. The van der Waals surface area contributed by atoms with Crippen LogP contribution in [0.25, 0.3) is 0 Å². The van der Waals surface area contributed by atoms with E-state index < -0.39 is 18.2 Å². The number of hydrogen-bond donors (Lipinski definition) is 3. The third-order valence-electron chi connectivity index (χ3n) is 5.54. The fourth-order valence-corrected chi connectivity index (χ4v) is 3.53. The van der Waals surface area contributed by atoms with Crippen LogP contribution in [0.15, 0.2) is 24.3 Å². The first-order valence-corrected chi connectivity index (χ1v) is 10.1. The molecule has 4 atom stereocenters. The molecule has 0 spiro atoms. The van der Waals surface area contributed by atoms with Crippen LogP contribution in [0.1, 0.15) is 72.1 Å². The zero-order valence-electron chi connectivity index (χ0n) is 16.9. The van der Waals surface area contributed by atoms with E-state index in [0.29, 0.717) is 19.3 Å². The molecule has 0 bridgehead atoms. The number of ketones is 1. The van der Waals surface area contributed by atoms with Crippen LogP contribution in [0.3, 0.4) is 0 Å². The molecule has 0 saturated heterocycles. The Hall–Kier alpha value is -1.46. The molecule has 1 saturated carbocycles. The zero-order chi connectivity index (χ0) is 20.4. The Morgan fingerprint density at radius 1 is 1.30 bits per heavy atom. The Kier molecular flexibility index (Phi) is 9.95. The van der Waals surface area contributed by atoms with Gasteiger partial charge < -0.3 is 15.3 Å². The van der Waals surface area contributed by atoms with Crippen LogP contribution in [-0.4, -0.2) is 39.3 Å². The molecule has 1 fully saturated rings. The van der Waals surface area contributed by atoms with Gasteiger partial charge >= 0.3 is 5.97 Å². The molecule has 0 unspecified atom stereocenters. The Morgan fingerprint density at radius 3 is 2.63 bits per heavy atom. The molecule has 27 heavy (non-hydrogen) atoms. The molecule has 1 rings (SSSR count). The number of aliphatic hydroxyl groups is 2. The summed E-state index contributed by atoms with van der Waals surface area (Å²) in [6.45, 7) is 6.19. The molecule has 0 aromatic rings. The molecule has 3 N–H and O–H groups in total. The monoisotopic (exact) mass is 380 g/mol. The normalized spacial score (nSPS) is 24.9. The molecule has 0 aromatic carbocycles. The predicted molar refractivity (Wildman–Crippen MR) is 106 cm³/mol. The molecule has 0 heterocycles. The van der Waals surface area contributed by atoms with Crippen molar-refractivity contribution in [2.45, 2.75) is 84.3 Å². The van der Waals surface area contributed by atoms with Gasteiger partial charge in [0.1, 0.15) is 5.78 Å². The van der Waals surface area contributed by atoms with E-state index in [9.17, 15) is 19.8 Å². The summed E-state index contributed by atoms with van der Waals surface area (Å²) < 4.78 is 0. The van der Waals surface area contributed by atoms with E-state index in [0.717, 1.165) is 19.3 Å². The summed E-state index contributed by atoms with van der Waals surface area (Å²) in [5.41, 5.74) is -0.236. The Bertz CT molecular complexity index is 535. The van der Waals surface area contributed by atoms with Gasteiger partial charge in [-0.1, -0.05) is 57.9 Å². The molecular weight excluding hydrogens is 344 g/mol. The quantitative estimate of drug-likeness (QED) is 0.353. The van der Waals surface area contributed by atoms with Crippen molar-refractivity contribution in [2.75, 3.05) is 0 Å². The lowest BCUT2D eigenvalue weighted by molar-refractivity contribution is -0.137. The third-order valence-corrected chi connectivity index (χ3v) is 5.54. The molecule has 1 aliphatic carbocycles.